The summed E-state index contributed by atoms with van der Waals surface area (Å²) < 4.78 is 0. The summed E-state index contributed by atoms with van der Waals surface area (Å²) in [5, 5.41) is 3.03. The summed E-state index contributed by atoms with van der Waals surface area (Å²) in [6.07, 6.45) is 0. The fourth-order valence-electron chi connectivity index (χ4n) is 1.000. The molecule has 0 bridgehead atoms. The highest BCUT2D eigenvalue weighted by atomic mass is 16.1. The van der Waals surface area contributed by atoms with Gasteiger partial charge in [-0.25, -0.2) is 0 Å². The van der Waals surface area contributed by atoms with Crippen LogP contribution in [0.1, 0.15) is 5.56 Å². The monoisotopic (exact) mass is 193 g/mol. The number of hydrogen-bond donors (Lipinski definition) is 3. The molecule has 5 N–H and O–H groups in total. The molecule has 0 aliphatic carbocycles. The van der Waals surface area contributed by atoms with Gasteiger partial charge in [-0.1, -0.05) is 17.7 Å². The van der Waals surface area contributed by atoms with Crippen molar-refractivity contribution >= 4 is 11.6 Å². The van der Waals surface area contributed by atoms with E-state index in [1.54, 1.807) is 0 Å². The van der Waals surface area contributed by atoms with Crippen molar-refractivity contribution in [2.45, 2.75) is 13.0 Å². The van der Waals surface area contributed by atoms with E-state index in [0.29, 0.717) is 6.54 Å². The number of primary amides is 1. The lowest BCUT2D eigenvalue weighted by Gasteiger charge is -2.10. The summed E-state index contributed by atoms with van der Waals surface area (Å²) in [5.74, 6) is -0.496. The number of nitrogens with one attached hydrogen (secondary N) is 1. The van der Waals surface area contributed by atoms with Crippen molar-refractivity contribution in [3.63, 3.8) is 0 Å². The van der Waals surface area contributed by atoms with E-state index in [1.807, 2.05) is 31.2 Å². The van der Waals surface area contributed by atoms with Crippen LogP contribution in [-0.2, 0) is 4.79 Å². The van der Waals surface area contributed by atoms with Crippen LogP contribution in [0.4, 0.5) is 5.69 Å². The van der Waals surface area contributed by atoms with Crippen LogP contribution in [0.5, 0.6) is 0 Å². The Bertz CT molecular complexity index is 308. The highest BCUT2D eigenvalue weighted by Gasteiger charge is 2.07. The lowest BCUT2D eigenvalue weighted by molar-refractivity contribution is -0.118. The van der Waals surface area contributed by atoms with E-state index in [4.69, 9.17) is 11.5 Å². The van der Waals surface area contributed by atoms with Gasteiger partial charge >= 0.3 is 0 Å². The minimum atomic E-state index is -0.642. The average molecular weight is 193 g/mol. The molecule has 0 aliphatic rings. The van der Waals surface area contributed by atoms with Gasteiger partial charge in [-0.05, 0) is 19.1 Å². The van der Waals surface area contributed by atoms with Crippen molar-refractivity contribution in [1.82, 2.24) is 0 Å². The van der Waals surface area contributed by atoms with Crippen LogP contribution in [0, 0.1) is 6.92 Å². The van der Waals surface area contributed by atoms with E-state index in [0.717, 1.165) is 5.69 Å². The molecule has 1 unspecified atom stereocenters. The summed E-state index contributed by atoms with van der Waals surface area (Å²) in [6.45, 7) is 2.37. The largest absolute Gasteiger partial charge is 0.383 e. The van der Waals surface area contributed by atoms with Gasteiger partial charge in [-0.2, -0.15) is 0 Å². The zero-order valence-electron chi connectivity index (χ0n) is 8.16. The predicted octanol–water partition coefficient (Wildman–Crippen LogP) is 0.220. The molecule has 0 aromatic heterocycles. The Morgan fingerprint density at radius 1 is 1.43 bits per heavy atom. The van der Waals surface area contributed by atoms with E-state index in [-0.39, 0.29) is 0 Å². The highest BCUT2D eigenvalue weighted by Crippen LogP contribution is 2.07. The van der Waals surface area contributed by atoms with Gasteiger partial charge < -0.3 is 16.8 Å². The quantitative estimate of drug-likeness (QED) is 0.639. The first-order valence-electron chi connectivity index (χ1n) is 4.45. The smallest absolute Gasteiger partial charge is 0.236 e. The van der Waals surface area contributed by atoms with Gasteiger partial charge in [0.1, 0.15) is 6.04 Å². The van der Waals surface area contributed by atoms with Crippen LogP contribution in [-0.4, -0.2) is 18.5 Å². The van der Waals surface area contributed by atoms with Crippen LogP contribution in [0.25, 0.3) is 0 Å². The molecule has 0 heterocycles. The van der Waals surface area contributed by atoms with Crippen molar-refractivity contribution in [3.05, 3.63) is 29.8 Å². The molecule has 0 saturated heterocycles. The normalized spacial score (nSPS) is 12.1. The van der Waals surface area contributed by atoms with Gasteiger partial charge in [-0.15, -0.1) is 0 Å². The molecule has 0 spiro atoms. The number of carbonyl (C=O) groups is 1. The molecule has 1 atom stereocenters. The van der Waals surface area contributed by atoms with Gasteiger partial charge in [0.05, 0.1) is 0 Å². The summed E-state index contributed by atoms with van der Waals surface area (Å²) in [6, 6.07) is 7.19. The van der Waals surface area contributed by atoms with Crippen molar-refractivity contribution in [2.75, 3.05) is 11.9 Å². The Balaban J connectivity index is 2.46. The maximum absolute atomic E-state index is 10.6. The fraction of sp³-hybridized carbons (Fsp3) is 0.300. The van der Waals surface area contributed by atoms with Gasteiger partial charge in [0.25, 0.3) is 0 Å². The molecule has 0 saturated carbocycles. The number of nitrogens with two attached hydrogens (primary N) is 2. The summed E-state index contributed by atoms with van der Waals surface area (Å²) >= 11 is 0. The zero-order chi connectivity index (χ0) is 10.6. The van der Waals surface area contributed by atoms with Crippen molar-refractivity contribution in [3.8, 4) is 0 Å². The van der Waals surface area contributed by atoms with Crippen LogP contribution >= 0.6 is 0 Å². The van der Waals surface area contributed by atoms with Crippen molar-refractivity contribution < 1.29 is 4.79 Å². The van der Waals surface area contributed by atoms with Crippen LogP contribution in [0.3, 0.4) is 0 Å². The molecule has 0 fully saturated rings. The number of anilines is 1. The standard InChI is InChI=1S/C10H15N3O/c1-7-2-4-8(5-3-7)13-6-9(11)10(12)14/h2-5,9,13H,6,11H2,1H3,(H2,12,14). The Kier molecular flexibility index (Phi) is 3.48. The Morgan fingerprint density at radius 2 is 2.00 bits per heavy atom. The topological polar surface area (TPSA) is 81.1 Å². The van der Waals surface area contributed by atoms with E-state index >= 15 is 0 Å². The molecular weight excluding hydrogens is 178 g/mol. The Labute approximate surface area is 83.3 Å². The molecule has 4 heteroatoms. The molecule has 1 rings (SSSR count). The first-order chi connectivity index (χ1) is 6.59. The molecule has 1 aromatic rings. The lowest BCUT2D eigenvalue weighted by Crippen LogP contribution is -2.41. The number of carbonyl (C=O) groups excluding carboxylic acids is 1. The maximum Gasteiger partial charge on any atom is 0.236 e. The molecule has 14 heavy (non-hydrogen) atoms. The minimum absolute atomic E-state index is 0.360. The molecular formula is C10H15N3O. The molecule has 76 valence electrons. The van der Waals surface area contributed by atoms with Crippen LogP contribution in [0.2, 0.25) is 0 Å². The molecule has 0 radical (unpaired) electrons. The van der Waals surface area contributed by atoms with Gasteiger partial charge in [0.2, 0.25) is 5.91 Å². The molecule has 1 aromatic carbocycles. The SMILES string of the molecule is Cc1ccc(NCC(N)C(N)=O)cc1. The predicted molar refractivity (Wildman–Crippen MR) is 56.8 cm³/mol. The first kappa shape index (κ1) is 10.5. The second-order valence-electron chi connectivity index (χ2n) is 3.26. The summed E-state index contributed by atoms with van der Waals surface area (Å²) in [4.78, 5) is 10.6. The third kappa shape index (κ3) is 3.06. The van der Waals surface area contributed by atoms with E-state index in [2.05, 4.69) is 5.32 Å². The third-order valence-corrected chi connectivity index (χ3v) is 1.94. The van der Waals surface area contributed by atoms with Crippen LogP contribution < -0.4 is 16.8 Å². The highest BCUT2D eigenvalue weighted by molar-refractivity contribution is 5.80. The first-order valence-corrected chi connectivity index (χ1v) is 4.45. The molecule has 0 aliphatic heterocycles. The van der Waals surface area contributed by atoms with Crippen molar-refractivity contribution in [2.24, 2.45) is 11.5 Å². The fourth-order valence-corrected chi connectivity index (χ4v) is 1.000. The lowest BCUT2D eigenvalue weighted by atomic mass is 10.2. The van der Waals surface area contributed by atoms with E-state index in [9.17, 15) is 4.79 Å². The van der Waals surface area contributed by atoms with Crippen LogP contribution in [0.15, 0.2) is 24.3 Å². The van der Waals surface area contributed by atoms with Crippen molar-refractivity contribution in [1.29, 1.82) is 0 Å². The number of amides is 1. The van der Waals surface area contributed by atoms with Gasteiger partial charge in [0, 0.05) is 12.2 Å². The number of aryl methyl sites for hydroxylation is 1. The summed E-state index contributed by atoms with van der Waals surface area (Å²) in [5.41, 5.74) is 12.6. The van der Waals surface area contributed by atoms with Gasteiger partial charge in [-0.3, -0.25) is 4.79 Å². The van der Waals surface area contributed by atoms with E-state index < -0.39 is 11.9 Å². The average Bonchev–Trinajstić information content (AvgIpc) is 2.16. The summed E-state index contributed by atoms with van der Waals surface area (Å²) in [7, 11) is 0. The number of benzene rings is 1. The molecule has 4 nitrogen and oxygen atoms in total. The third-order valence-electron chi connectivity index (χ3n) is 1.94. The second kappa shape index (κ2) is 4.62. The van der Waals surface area contributed by atoms with E-state index in [1.165, 1.54) is 5.56 Å². The number of hydrogen-bond acceptors (Lipinski definition) is 3. The second-order valence-corrected chi connectivity index (χ2v) is 3.26. The minimum Gasteiger partial charge on any atom is -0.383 e. The maximum atomic E-state index is 10.6. The van der Waals surface area contributed by atoms with Gasteiger partial charge in [0.15, 0.2) is 0 Å². The zero-order valence-corrected chi connectivity index (χ0v) is 8.16. The molecule has 1 amide bonds. The Hall–Kier alpha value is -1.55. The number of rotatable bonds is 4. The Morgan fingerprint density at radius 3 is 2.50 bits per heavy atom.